The standard InChI is InChI=1S/C12H19NO5S/c1-9-6-7-11(18-9)10(2)13-19(15,16)8-4-5-12(14)17-3/h6-7,10,13H,4-5,8H2,1-3H3. The Balaban J connectivity index is 2.48. The Morgan fingerprint density at radius 1 is 1.47 bits per heavy atom. The summed E-state index contributed by atoms with van der Waals surface area (Å²) in [6.45, 7) is 3.50. The number of nitrogens with one attached hydrogen (secondary N) is 1. The number of esters is 1. The summed E-state index contributed by atoms with van der Waals surface area (Å²) in [5, 5.41) is 0. The summed E-state index contributed by atoms with van der Waals surface area (Å²) in [7, 11) is -2.17. The van der Waals surface area contributed by atoms with Crippen LogP contribution in [0.2, 0.25) is 0 Å². The molecule has 1 aromatic heterocycles. The van der Waals surface area contributed by atoms with Crippen LogP contribution in [0, 0.1) is 6.92 Å². The van der Waals surface area contributed by atoms with Gasteiger partial charge in [-0.25, -0.2) is 13.1 Å². The van der Waals surface area contributed by atoms with Gasteiger partial charge in [-0.1, -0.05) is 0 Å². The fraction of sp³-hybridized carbons (Fsp3) is 0.583. The maximum absolute atomic E-state index is 11.8. The number of hydrogen-bond acceptors (Lipinski definition) is 5. The van der Waals surface area contributed by atoms with Gasteiger partial charge < -0.3 is 9.15 Å². The second-order valence-electron chi connectivity index (χ2n) is 4.29. The number of ether oxygens (including phenoxy) is 1. The molecule has 0 bridgehead atoms. The first-order chi connectivity index (χ1) is 8.84. The minimum Gasteiger partial charge on any atom is -0.469 e. The lowest BCUT2D eigenvalue weighted by Gasteiger charge is -2.11. The van der Waals surface area contributed by atoms with Gasteiger partial charge in [0.1, 0.15) is 11.5 Å². The van der Waals surface area contributed by atoms with E-state index in [2.05, 4.69) is 9.46 Å². The predicted octanol–water partition coefficient (Wildman–Crippen LogP) is 1.52. The molecule has 0 spiro atoms. The normalized spacial score (nSPS) is 13.2. The molecule has 0 radical (unpaired) electrons. The molecule has 108 valence electrons. The summed E-state index contributed by atoms with van der Waals surface area (Å²) in [6.07, 6.45) is 0.317. The van der Waals surface area contributed by atoms with Gasteiger partial charge in [-0.05, 0) is 32.4 Å². The monoisotopic (exact) mass is 289 g/mol. The van der Waals surface area contributed by atoms with E-state index in [0.717, 1.165) is 5.76 Å². The van der Waals surface area contributed by atoms with Crippen LogP contribution in [0.1, 0.15) is 37.3 Å². The Labute approximate surface area is 113 Å². The van der Waals surface area contributed by atoms with Crippen LogP contribution in [0.3, 0.4) is 0 Å². The van der Waals surface area contributed by atoms with Gasteiger partial charge in [0.25, 0.3) is 0 Å². The van der Waals surface area contributed by atoms with Crippen LogP contribution in [0.5, 0.6) is 0 Å². The van der Waals surface area contributed by atoms with Gasteiger partial charge >= 0.3 is 5.97 Å². The number of rotatable bonds is 7. The quantitative estimate of drug-likeness (QED) is 0.769. The van der Waals surface area contributed by atoms with Gasteiger partial charge in [-0.3, -0.25) is 4.79 Å². The van der Waals surface area contributed by atoms with E-state index >= 15 is 0 Å². The Kier molecular flexibility index (Phi) is 5.56. The molecule has 1 rings (SSSR count). The third-order valence-corrected chi connectivity index (χ3v) is 4.10. The minimum absolute atomic E-state index is 0.0889. The van der Waals surface area contributed by atoms with Crippen LogP contribution < -0.4 is 4.72 Å². The third-order valence-electron chi connectivity index (χ3n) is 2.57. The first-order valence-corrected chi connectivity index (χ1v) is 7.62. The van der Waals surface area contributed by atoms with E-state index in [1.54, 1.807) is 26.0 Å². The molecule has 0 saturated heterocycles. The van der Waals surface area contributed by atoms with Crippen LogP contribution in [0.4, 0.5) is 0 Å². The van der Waals surface area contributed by atoms with Gasteiger partial charge in [0.15, 0.2) is 0 Å². The number of carbonyl (C=O) groups excluding carboxylic acids is 1. The number of carbonyl (C=O) groups is 1. The Hall–Kier alpha value is -1.34. The maximum Gasteiger partial charge on any atom is 0.305 e. The second kappa shape index (κ2) is 6.72. The highest BCUT2D eigenvalue weighted by Gasteiger charge is 2.18. The van der Waals surface area contributed by atoms with Crippen LogP contribution in [0.15, 0.2) is 16.5 Å². The highest BCUT2D eigenvalue weighted by atomic mass is 32.2. The molecule has 0 aliphatic heterocycles. The van der Waals surface area contributed by atoms with E-state index in [4.69, 9.17) is 4.42 Å². The van der Waals surface area contributed by atoms with E-state index in [1.165, 1.54) is 7.11 Å². The van der Waals surface area contributed by atoms with Crippen LogP contribution in [-0.2, 0) is 19.6 Å². The topological polar surface area (TPSA) is 85.6 Å². The molecule has 1 N–H and O–H groups in total. The maximum atomic E-state index is 11.8. The Bertz CT molecular complexity index is 520. The lowest BCUT2D eigenvalue weighted by Crippen LogP contribution is -2.29. The van der Waals surface area contributed by atoms with Gasteiger partial charge in [0.2, 0.25) is 10.0 Å². The number of hydrogen-bond donors (Lipinski definition) is 1. The van der Waals surface area contributed by atoms with Crippen molar-refractivity contribution in [2.24, 2.45) is 0 Å². The number of aryl methyl sites for hydroxylation is 1. The van der Waals surface area contributed by atoms with Crippen molar-refractivity contribution in [3.05, 3.63) is 23.7 Å². The third kappa shape index (κ3) is 5.44. The molecular weight excluding hydrogens is 270 g/mol. The average Bonchev–Trinajstić information content (AvgIpc) is 2.75. The minimum atomic E-state index is -3.44. The number of methoxy groups -OCH3 is 1. The molecule has 0 aliphatic carbocycles. The van der Waals surface area contributed by atoms with E-state index < -0.39 is 22.0 Å². The summed E-state index contributed by atoms with van der Waals surface area (Å²) in [4.78, 5) is 10.9. The van der Waals surface area contributed by atoms with E-state index in [-0.39, 0.29) is 18.6 Å². The first-order valence-electron chi connectivity index (χ1n) is 5.97. The van der Waals surface area contributed by atoms with Gasteiger partial charge in [-0.2, -0.15) is 0 Å². The van der Waals surface area contributed by atoms with Crippen molar-refractivity contribution >= 4 is 16.0 Å². The van der Waals surface area contributed by atoms with E-state index in [9.17, 15) is 13.2 Å². The highest BCUT2D eigenvalue weighted by molar-refractivity contribution is 7.89. The molecule has 1 atom stereocenters. The summed E-state index contributed by atoms with van der Waals surface area (Å²) in [5.74, 6) is 0.761. The molecule has 0 aliphatic rings. The molecule has 1 aromatic rings. The van der Waals surface area contributed by atoms with Crippen molar-refractivity contribution in [2.75, 3.05) is 12.9 Å². The smallest absolute Gasteiger partial charge is 0.305 e. The average molecular weight is 289 g/mol. The Morgan fingerprint density at radius 2 is 2.16 bits per heavy atom. The zero-order chi connectivity index (χ0) is 14.5. The number of furan rings is 1. The zero-order valence-corrected chi connectivity index (χ0v) is 12.1. The van der Waals surface area contributed by atoms with Crippen molar-refractivity contribution in [2.45, 2.75) is 32.7 Å². The molecule has 0 fully saturated rings. The van der Waals surface area contributed by atoms with Crippen molar-refractivity contribution in [3.8, 4) is 0 Å². The highest BCUT2D eigenvalue weighted by Crippen LogP contribution is 2.16. The van der Waals surface area contributed by atoms with Gasteiger partial charge in [-0.15, -0.1) is 0 Å². The summed E-state index contributed by atoms with van der Waals surface area (Å²) in [6, 6.07) is 3.07. The molecule has 6 nitrogen and oxygen atoms in total. The fourth-order valence-electron chi connectivity index (χ4n) is 1.58. The van der Waals surface area contributed by atoms with E-state index in [0.29, 0.717) is 5.76 Å². The van der Waals surface area contributed by atoms with Crippen LogP contribution in [-0.4, -0.2) is 27.2 Å². The zero-order valence-electron chi connectivity index (χ0n) is 11.3. The van der Waals surface area contributed by atoms with E-state index in [1.807, 2.05) is 0 Å². The second-order valence-corrected chi connectivity index (χ2v) is 6.16. The lowest BCUT2D eigenvalue weighted by atomic mass is 10.3. The lowest BCUT2D eigenvalue weighted by molar-refractivity contribution is -0.140. The molecule has 0 amide bonds. The van der Waals surface area contributed by atoms with Crippen molar-refractivity contribution in [3.63, 3.8) is 0 Å². The van der Waals surface area contributed by atoms with Crippen molar-refractivity contribution < 1.29 is 22.4 Å². The van der Waals surface area contributed by atoms with Crippen LogP contribution in [0.25, 0.3) is 0 Å². The largest absolute Gasteiger partial charge is 0.469 e. The van der Waals surface area contributed by atoms with Gasteiger partial charge in [0.05, 0.1) is 18.9 Å². The molecule has 7 heteroatoms. The van der Waals surface area contributed by atoms with Crippen molar-refractivity contribution in [1.82, 2.24) is 4.72 Å². The summed E-state index contributed by atoms with van der Waals surface area (Å²) < 4.78 is 35.9. The molecule has 0 aromatic carbocycles. The molecule has 0 saturated carbocycles. The SMILES string of the molecule is COC(=O)CCCS(=O)(=O)NC(C)c1ccc(C)o1. The summed E-state index contributed by atoms with van der Waals surface area (Å²) in [5.41, 5.74) is 0. The molecule has 1 unspecified atom stereocenters. The fourth-order valence-corrected chi connectivity index (χ4v) is 2.88. The molecular formula is C12H19NO5S. The Morgan fingerprint density at radius 3 is 2.68 bits per heavy atom. The summed E-state index contributed by atoms with van der Waals surface area (Å²) >= 11 is 0. The first kappa shape index (κ1) is 15.7. The molecule has 1 heterocycles. The molecule has 19 heavy (non-hydrogen) atoms. The van der Waals surface area contributed by atoms with Crippen molar-refractivity contribution in [1.29, 1.82) is 0 Å². The van der Waals surface area contributed by atoms with Gasteiger partial charge in [0, 0.05) is 6.42 Å². The number of sulfonamides is 1. The van der Waals surface area contributed by atoms with Crippen LogP contribution >= 0.6 is 0 Å². The predicted molar refractivity (Wildman–Crippen MR) is 70.0 cm³/mol.